The summed E-state index contributed by atoms with van der Waals surface area (Å²) in [5.41, 5.74) is 0.434. The number of benzene rings is 2. The second-order valence-corrected chi connectivity index (χ2v) is 8.22. The SMILES string of the molecule is NS(=O)(=O)c1ccccc1NS(=O)(=O)Cc1ccc(Cl)cc1. The maximum atomic E-state index is 12.2. The van der Waals surface area contributed by atoms with E-state index in [1.165, 1.54) is 24.3 Å². The van der Waals surface area contributed by atoms with Crippen LogP contribution in [-0.2, 0) is 25.8 Å². The lowest BCUT2D eigenvalue weighted by atomic mass is 10.2. The minimum atomic E-state index is -4.03. The van der Waals surface area contributed by atoms with E-state index in [-0.39, 0.29) is 16.3 Å². The van der Waals surface area contributed by atoms with Gasteiger partial charge in [0, 0.05) is 5.02 Å². The van der Waals surface area contributed by atoms with Crippen LogP contribution in [0.25, 0.3) is 0 Å². The fourth-order valence-corrected chi connectivity index (χ4v) is 3.90. The van der Waals surface area contributed by atoms with Gasteiger partial charge >= 0.3 is 0 Å². The van der Waals surface area contributed by atoms with Gasteiger partial charge in [0.25, 0.3) is 0 Å². The zero-order valence-electron chi connectivity index (χ0n) is 11.2. The third-order valence-electron chi connectivity index (χ3n) is 2.73. The van der Waals surface area contributed by atoms with Crippen LogP contribution < -0.4 is 9.86 Å². The summed E-state index contributed by atoms with van der Waals surface area (Å²) in [7, 11) is -7.83. The fourth-order valence-electron chi connectivity index (χ4n) is 1.80. The van der Waals surface area contributed by atoms with Crippen LogP contribution in [0, 0.1) is 0 Å². The Morgan fingerprint density at radius 1 is 0.955 bits per heavy atom. The molecule has 0 aliphatic heterocycles. The molecule has 3 N–H and O–H groups in total. The van der Waals surface area contributed by atoms with Gasteiger partial charge < -0.3 is 0 Å². The fraction of sp³-hybridized carbons (Fsp3) is 0.0769. The zero-order valence-corrected chi connectivity index (χ0v) is 13.6. The monoisotopic (exact) mass is 360 g/mol. The highest BCUT2D eigenvalue weighted by molar-refractivity contribution is 7.92. The van der Waals surface area contributed by atoms with Crippen LogP contribution in [0.5, 0.6) is 0 Å². The maximum absolute atomic E-state index is 12.2. The van der Waals surface area contributed by atoms with Gasteiger partial charge in [0.2, 0.25) is 20.0 Å². The van der Waals surface area contributed by atoms with Crippen molar-refractivity contribution in [3.05, 3.63) is 59.1 Å². The highest BCUT2D eigenvalue weighted by atomic mass is 35.5. The molecule has 0 aliphatic carbocycles. The van der Waals surface area contributed by atoms with Crippen molar-refractivity contribution in [1.82, 2.24) is 0 Å². The molecule has 2 aromatic carbocycles. The van der Waals surface area contributed by atoms with Crippen molar-refractivity contribution in [1.29, 1.82) is 0 Å². The van der Waals surface area contributed by atoms with E-state index < -0.39 is 20.0 Å². The van der Waals surface area contributed by atoms with Crippen molar-refractivity contribution in [2.24, 2.45) is 5.14 Å². The van der Waals surface area contributed by atoms with Crippen LogP contribution in [0.15, 0.2) is 53.4 Å². The van der Waals surface area contributed by atoms with Gasteiger partial charge in [0.1, 0.15) is 4.90 Å². The molecule has 118 valence electrons. The lowest BCUT2D eigenvalue weighted by molar-refractivity contribution is 0.598. The molecule has 22 heavy (non-hydrogen) atoms. The Balaban J connectivity index is 2.28. The number of sulfonamides is 2. The number of nitrogens with two attached hydrogens (primary N) is 1. The minimum Gasteiger partial charge on any atom is -0.282 e. The molecule has 0 aliphatic rings. The van der Waals surface area contributed by atoms with Crippen molar-refractivity contribution >= 4 is 37.3 Å². The molecule has 0 saturated carbocycles. The van der Waals surface area contributed by atoms with Gasteiger partial charge in [0.15, 0.2) is 0 Å². The van der Waals surface area contributed by atoms with Crippen LogP contribution in [-0.4, -0.2) is 16.8 Å². The number of anilines is 1. The topological polar surface area (TPSA) is 106 Å². The molecule has 0 amide bonds. The predicted molar refractivity (Wildman–Crippen MR) is 85.5 cm³/mol. The number of nitrogens with one attached hydrogen (secondary N) is 1. The first-order chi connectivity index (χ1) is 10.2. The largest absolute Gasteiger partial charge is 0.282 e. The average Bonchev–Trinajstić information content (AvgIpc) is 2.40. The van der Waals surface area contributed by atoms with Gasteiger partial charge in [0.05, 0.1) is 11.4 Å². The van der Waals surface area contributed by atoms with Crippen LogP contribution in [0.2, 0.25) is 5.02 Å². The molecule has 0 unspecified atom stereocenters. The molecule has 2 aromatic rings. The average molecular weight is 361 g/mol. The normalized spacial score (nSPS) is 12.1. The summed E-state index contributed by atoms with van der Waals surface area (Å²) in [5.74, 6) is -0.316. The summed E-state index contributed by atoms with van der Waals surface area (Å²) >= 11 is 5.74. The molecule has 0 aromatic heterocycles. The van der Waals surface area contributed by atoms with Gasteiger partial charge in [-0.3, -0.25) is 4.72 Å². The Hall–Kier alpha value is -1.61. The lowest BCUT2D eigenvalue weighted by Crippen LogP contribution is -2.19. The molecule has 0 heterocycles. The molecule has 0 radical (unpaired) electrons. The van der Waals surface area contributed by atoms with Crippen LogP contribution in [0.1, 0.15) is 5.56 Å². The Morgan fingerprint density at radius 3 is 2.14 bits per heavy atom. The molecule has 0 fully saturated rings. The van der Waals surface area contributed by atoms with Gasteiger partial charge in [-0.15, -0.1) is 0 Å². The Kier molecular flexibility index (Phi) is 4.76. The van der Waals surface area contributed by atoms with E-state index in [9.17, 15) is 16.8 Å². The summed E-state index contributed by atoms with van der Waals surface area (Å²) in [5, 5.41) is 5.56. The molecular formula is C13H13ClN2O4S2. The second kappa shape index (κ2) is 6.25. The van der Waals surface area contributed by atoms with Crippen molar-refractivity contribution in [2.45, 2.75) is 10.6 Å². The molecule has 0 spiro atoms. The van der Waals surface area contributed by atoms with Crippen molar-refractivity contribution < 1.29 is 16.8 Å². The summed E-state index contributed by atoms with van der Waals surface area (Å²) < 4.78 is 49.5. The minimum absolute atomic E-state index is 0.0843. The van der Waals surface area contributed by atoms with E-state index in [2.05, 4.69) is 4.72 Å². The Morgan fingerprint density at radius 2 is 1.55 bits per heavy atom. The molecule has 0 saturated heterocycles. The number of halogens is 1. The molecule has 2 rings (SSSR count). The first-order valence-electron chi connectivity index (χ1n) is 6.04. The van der Waals surface area contributed by atoms with Crippen molar-refractivity contribution in [3.63, 3.8) is 0 Å². The third-order valence-corrected chi connectivity index (χ3v) is 5.19. The quantitative estimate of drug-likeness (QED) is 0.849. The van der Waals surface area contributed by atoms with E-state index in [0.717, 1.165) is 0 Å². The summed E-state index contributed by atoms with van der Waals surface area (Å²) in [6.07, 6.45) is 0. The van der Waals surface area contributed by atoms with E-state index >= 15 is 0 Å². The van der Waals surface area contributed by atoms with Gasteiger partial charge in [-0.1, -0.05) is 35.9 Å². The first kappa shape index (κ1) is 16.8. The Bertz CT molecular complexity index is 879. The number of primary sulfonamides is 1. The van der Waals surface area contributed by atoms with Gasteiger partial charge in [-0.25, -0.2) is 22.0 Å². The Labute approximate surface area is 134 Å². The number of para-hydroxylation sites is 1. The van der Waals surface area contributed by atoms with Crippen molar-refractivity contribution in [3.8, 4) is 0 Å². The molecule has 0 atom stereocenters. The molecular weight excluding hydrogens is 348 g/mol. The predicted octanol–water partition coefficient (Wildman–Crippen LogP) is 1.93. The molecule has 9 heteroatoms. The van der Waals surface area contributed by atoms with Crippen LogP contribution >= 0.6 is 11.6 Å². The zero-order chi connectivity index (χ0) is 16.4. The van der Waals surface area contributed by atoms with Gasteiger partial charge in [-0.2, -0.15) is 0 Å². The first-order valence-corrected chi connectivity index (χ1v) is 9.62. The third kappa shape index (κ3) is 4.44. The highest BCUT2D eigenvalue weighted by Gasteiger charge is 2.18. The van der Waals surface area contributed by atoms with E-state index in [1.54, 1.807) is 24.3 Å². The van der Waals surface area contributed by atoms with Crippen molar-refractivity contribution in [2.75, 3.05) is 4.72 Å². The van der Waals surface area contributed by atoms with E-state index in [1.807, 2.05) is 0 Å². The van der Waals surface area contributed by atoms with Crippen LogP contribution in [0.3, 0.4) is 0 Å². The number of hydrogen-bond acceptors (Lipinski definition) is 4. The smallest absolute Gasteiger partial charge is 0.240 e. The van der Waals surface area contributed by atoms with E-state index in [4.69, 9.17) is 16.7 Å². The maximum Gasteiger partial charge on any atom is 0.240 e. The second-order valence-electron chi connectivity index (χ2n) is 4.53. The standard InChI is InChI=1S/C13H13ClN2O4S2/c14-11-7-5-10(6-8-11)9-21(17,18)16-12-3-1-2-4-13(12)22(15,19)20/h1-8,16H,9H2,(H2,15,19,20). The number of rotatable bonds is 5. The van der Waals surface area contributed by atoms with Crippen LogP contribution in [0.4, 0.5) is 5.69 Å². The lowest BCUT2D eigenvalue weighted by Gasteiger charge is -2.11. The highest BCUT2D eigenvalue weighted by Crippen LogP contribution is 2.22. The molecule has 6 nitrogen and oxygen atoms in total. The van der Waals surface area contributed by atoms with Gasteiger partial charge in [-0.05, 0) is 29.8 Å². The van der Waals surface area contributed by atoms with E-state index in [0.29, 0.717) is 10.6 Å². The summed E-state index contributed by atoms with van der Waals surface area (Å²) in [6.45, 7) is 0. The molecule has 0 bridgehead atoms. The summed E-state index contributed by atoms with van der Waals surface area (Å²) in [6, 6.07) is 11.8. The summed E-state index contributed by atoms with van der Waals surface area (Å²) in [4.78, 5) is -0.283. The number of hydrogen-bond donors (Lipinski definition) is 2.